The van der Waals surface area contributed by atoms with Crippen LogP contribution in [0.5, 0.6) is 0 Å². The van der Waals surface area contributed by atoms with Crippen molar-refractivity contribution in [3.63, 3.8) is 0 Å². The Bertz CT molecular complexity index is 1230. The lowest BCUT2D eigenvalue weighted by Crippen LogP contribution is -2.41. The van der Waals surface area contributed by atoms with Crippen molar-refractivity contribution >= 4 is 44.6 Å². The van der Waals surface area contributed by atoms with Gasteiger partial charge in [0.1, 0.15) is 0 Å². The number of nitrogens with zero attached hydrogens (tertiary/aromatic N) is 1. The maximum absolute atomic E-state index is 12.8. The highest BCUT2D eigenvalue weighted by Gasteiger charge is 2.23. The third-order valence-electron chi connectivity index (χ3n) is 4.88. The summed E-state index contributed by atoms with van der Waals surface area (Å²) in [6.45, 7) is 2.84. The summed E-state index contributed by atoms with van der Waals surface area (Å²) in [7, 11) is -2.06. The first-order valence-electron chi connectivity index (χ1n) is 10.3. The summed E-state index contributed by atoms with van der Waals surface area (Å²) in [6, 6.07) is 21.6. The van der Waals surface area contributed by atoms with Crippen LogP contribution >= 0.6 is 0 Å². The molecule has 3 aromatic carbocycles. The fourth-order valence-corrected chi connectivity index (χ4v) is 4.38. The minimum atomic E-state index is -3.95. The minimum absolute atomic E-state index is 0.0135. The van der Waals surface area contributed by atoms with E-state index in [2.05, 4.69) is 15.4 Å². The van der Waals surface area contributed by atoms with Gasteiger partial charge in [-0.05, 0) is 55.5 Å². The Morgan fingerprint density at radius 2 is 1.45 bits per heavy atom. The first kappa shape index (κ1) is 24.0. The van der Waals surface area contributed by atoms with Crippen molar-refractivity contribution in [3.8, 4) is 0 Å². The molecule has 0 aliphatic heterocycles. The molecule has 0 saturated carbocycles. The van der Waals surface area contributed by atoms with Gasteiger partial charge in [0.2, 0.25) is 21.8 Å². The van der Waals surface area contributed by atoms with E-state index in [4.69, 9.17) is 0 Å². The van der Waals surface area contributed by atoms with E-state index < -0.39 is 22.0 Å². The van der Waals surface area contributed by atoms with E-state index in [1.807, 2.05) is 54.4 Å². The molecule has 0 aliphatic rings. The summed E-state index contributed by atoms with van der Waals surface area (Å²) >= 11 is 0. The van der Waals surface area contributed by atoms with Crippen LogP contribution in [0.25, 0.3) is 0 Å². The molecule has 0 spiro atoms. The number of amides is 2. The van der Waals surface area contributed by atoms with Gasteiger partial charge in [-0.15, -0.1) is 0 Å². The Kier molecular flexibility index (Phi) is 7.47. The molecule has 1 atom stereocenters. The molecule has 0 fully saturated rings. The van der Waals surface area contributed by atoms with Crippen LogP contribution in [0.3, 0.4) is 0 Å². The first-order valence-corrected chi connectivity index (χ1v) is 11.7. The van der Waals surface area contributed by atoms with E-state index in [-0.39, 0.29) is 10.8 Å². The zero-order valence-electron chi connectivity index (χ0n) is 18.6. The Balaban J connectivity index is 1.72. The maximum Gasteiger partial charge on any atom is 0.242 e. The topological polar surface area (TPSA) is 108 Å². The van der Waals surface area contributed by atoms with Gasteiger partial charge >= 0.3 is 0 Å². The zero-order valence-corrected chi connectivity index (χ0v) is 19.4. The highest BCUT2D eigenvalue weighted by Crippen LogP contribution is 2.30. The Labute approximate surface area is 193 Å². The molecule has 0 unspecified atom stereocenters. The second-order valence-corrected chi connectivity index (χ2v) is 9.16. The number of carbonyl (C=O) groups excluding carboxylic acids is 2. The number of sulfonamides is 1. The van der Waals surface area contributed by atoms with Gasteiger partial charge in [-0.25, -0.2) is 8.42 Å². The zero-order chi connectivity index (χ0) is 24.0. The lowest BCUT2D eigenvalue weighted by molar-refractivity contribution is -0.117. The van der Waals surface area contributed by atoms with E-state index >= 15 is 0 Å². The Morgan fingerprint density at radius 1 is 0.848 bits per heavy atom. The van der Waals surface area contributed by atoms with Gasteiger partial charge in [-0.1, -0.05) is 30.3 Å². The van der Waals surface area contributed by atoms with Crippen LogP contribution in [0.15, 0.2) is 83.8 Å². The summed E-state index contributed by atoms with van der Waals surface area (Å²) in [6.07, 6.45) is 0. The van der Waals surface area contributed by atoms with Crippen molar-refractivity contribution < 1.29 is 18.0 Å². The van der Waals surface area contributed by atoms with Crippen molar-refractivity contribution in [2.45, 2.75) is 24.8 Å². The highest BCUT2D eigenvalue weighted by molar-refractivity contribution is 7.89. The normalized spacial score (nSPS) is 12.0. The number of nitrogens with one attached hydrogen (secondary N) is 3. The molecule has 0 saturated heterocycles. The van der Waals surface area contributed by atoms with Gasteiger partial charge in [-0.3, -0.25) is 9.59 Å². The van der Waals surface area contributed by atoms with Crippen molar-refractivity contribution in [1.82, 2.24) is 4.72 Å². The third kappa shape index (κ3) is 6.18. The predicted octanol–water partition coefficient (Wildman–Crippen LogP) is 3.72. The standard InChI is InChI=1S/C24H26N4O4S/c1-17(27-33(31,32)21-15-13-19(14-16-21)25-18(2)29)24(30)26-22-11-7-8-12-23(22)28(3)20-9-5-4-6-10-20/h4-17,27H,1-3H3,(H,25,29)(H,26,30)/t17-/m0/s1. The molecule has 2 amide bonds. The molecule has 0 heterocycles. The van der Waals surface area contributed by atoms with Crippen LogP contribution < -0.4 is 20.3 Å². The van der Waals surface area contributed by atoms with E-state index in [1.165, 1.54) is 38.1 Å². The Hall–Kier alpha value is -3.69. The smallest absolute Gasteiger partial charge is 0.242 e. The van der Waals surface area contributed by atoms with Crippen molar-refractivity contribution in [3.05, 3.63) is 78.9 Å². The SMILES string of the molecule is CC(=O)Nc1ccc(S(=O)(=O)N[C@@H](C)C(=O)Nc2ccccc2N(C)c2ccccc2)cc1. The van der Waals surface area contributed by atoms with E-state index in [0.717, 1.165) is 11.4 Å². The fraction of sp³-hybridized carbons (Fsp3) is 0.167. The number of hydrogen-bond donors (Lipinski definition) is 3. The maximum atomic E-state index is 12.8. The van der Waals surface area contributed by atoms with Gasteiger partial charge < -0.3 is 15.5 Å². The lowest BCUT2D eigenvalue weighted by Gasteiger charge is -2.23. The molecule has 3 rings (SSSR count). The van der Waals surface area contributed by atoms with E-state index in [0.29, 0.717) is 11.4 Å². The third-order valence-corrected chi connectivity index (χ3v) is 6.43. The molecule has 0 bridgehead atoms. The van der Waals surface area contributed by atoms with Gasteiger partial charge in [0.25, 0.3) is 0 Å². The second-order valence-electron chi connectivity index (χ2n) is 7.45. The van der Waals surface area contributed by atoms with Crippen LogP contribution in [0, 0.1) is 0 Å². The van der Waals surface area contributed by atoms with Crippen molar-refractivity contribution in [2.75, 3.05) is 22.6 Å². The molecular weight excluding hydrogens is 440 g/mol. The predicted molar refractivity (Wildman–Crippen MR) is 130 cm³/mol. The van der Waals surface area contributed by atoms with Crippen molar-refractivity contribution in [1.29, 1.82) is 0 Å². The quantitative estimate of drug-likeness (QED) is 0.469. The lowest BCUT2D eigenvalue weighted by atomic mass is 10.2. The molecule has 3 N–H and O–H groups in total. The first-order chi connectivity index (χ1) is 15.7. The number of carbonyl (C=O) groups is 2. The van der Waals surface area contributed by atoms with Crippen LogP contribution in [-0.2, 0) is 19.6 Å². The largest absolute Gasteiger partial charge is 0.343 e. The Morgan fingerprint density at radius 3 is 2.09 bits per heavy atom. The molecule has 0 aliphatic carbocycles. The summed E-state index contributed by atoms with van der Waals surface area (Å²) < 4.78 is 27.8. The molecule has 33 heavy (non-hydrogen) atoms. The molecule has 9 heteroatoms. The van der Waals surface area contributed by atoms with Gasteiger partial charge in [-0.2, -0.15) is 4.72 Å². The average Bonchev–Trinajstić information content (AvgIpc) is 2.79. The number of benzene rings is 3. The van der Waals surface area contributed by atoms with E-state index in [9.17, 15) is 18.0 Å². The molecule has 0 radical (unpaired) electrons. The summed E-state index contributed by atoms with van der Waals surface area (Å²) in [5.41, 5.74) is 2.74. The molecule has 172 valence electrons. The van der Waals surface area contributed by atoms with E-state index in [1.54, 1.807) is 12.1 Å². The van der Waals surface area contributed by atoms with Crippen LogP contribution in [-0.4, -0.2) is 33.3 Å². The van der Waals surface area contributed by atoms with Crippen LogP contribution in [0.4, 0.5) is 22.7 Å². The number of para-hydroxylation sites is 3. The fourth-order valence-electron chi connectivity index (χ4n) is 3.18. The van der Waals surface area contributed by atoms with Crippen LogP contribution in [0.2, 0.25) is 0 Å². The summed E-state index contributed by atoms with van der Waals surface area (Å²) in [4.78, 5) is 25.8. The summed E-state index contributed by atoms with van der Waals surface area (Å²) in [5, 5.41) is 5.38. The number of rotatable bonds is 8. The van der Waals surface area contributed by atoms with Gasteiger partial charge in [0, 0.05) is 25.3 Å². The highest BCUT2D eigenvalue weighted by atomic mass is 32.2. The minimum Gasteiger partial charge on any atom is -0.343 e. The number of anilines is 4. The van der Waals surface area contributed by atoms with Gasteiger partial charge in [0.05, 0.1) is 22.3 Å². The molecule has 3 aromatic rings. The second kappa shape index (κ2) is 10.3. The summed E-state index contributed by atoms with van der Waals surface area (Å²) in [5.74, 6) is -0.755. The van der Waals surface area contributed by atoms with Gasteiger partial charge in [0.15, 0.2) is 0 Å². The number of hydrogen-bond acceptors (Lipinski definition) is 5. The molecule has 8 nitrogen and oxygen atoms in total. The van der Waals surface area contributed by atoms with Crippen LogP contribution in [0.1, 0.15) is 13.8 Å². The average molecular weight is 467 g/mol. The monoisotopic (exact) mass is 466 g/mol. The van der Waals surface area contributed by atoms with Crippen molar-refractivity contribution in [2.24, 2.45) is 0 Å². The molecule has 0 aromatic heterocycles. The molecular formula is C24H26N4O4S.